The molecule has 0 N–H and O–H groups in total. The molecule has 18 heavy (non-hydrogen) atoms. The lowest BCUT2D eigenvalue weighted by atomic mass is 9.96. The molecular formula is C16H16FN. The molecule has 92 valence electrons. The van der Waals surface area contributed by atoms with Gasteiger partial charge in [0.1, 0.15) is 5.82 Å². The smallest absolute Gasteiger partial charge is 0.123 e. The Hall–Kier alpha value is -1.96. The molecule has 0 heterocycles. The first kappa shape index (κ1) is 12.5. The molecule has 2 heteroatoms. The molecule has 0 unspecified atom stereocenters. The van der Waals surface area contributed by atoms with Crippen molar-refractivity contribution >= 4 is 12.4 Å². The zero-order chi connectivity index (χ0) is 13.1. The van der Waals surface area contributed by atoms with Crippen LogP contribution in [0, 0.1) is 5.82 Å². The highest BCUT2D eigenvalue weighted by molar-refractivity contribution is 5.68. The highest BCUT2D eigenvalue weighted by Gasteiger charge is 2.08. The summed E-state index contributed by atoms with van der Waals surface area (Å²) in [5.74, 6) is 0.142. The van der Waals surface area contributed by atoms with Crippen molar-refractivity contribution in [3.05, 3.63) is 53.8 Å². The third-order valence-corrected chi connectivity index (χ3v) is 2.98. The van der Waals surface area contributed by atoms with E-state index in [2.05, 4.69) is 31.6 Å². The Morgan fingerprint density at radius 1 is 1.06 bits per heavy atom. The summed E-state index contributed by atoms with van der Waals surface area (Å²) >= 11 is 0. The van der Waals surface area contributed by atoms with E-state index in [4.69, 9.17) is 0 Å². The molecule has 2 aromatic rings. The van der Waals surface area contributed by atoms with Crippen LogP contribution in [0.5, 0.6) is 0 Å². The first-order chi connectivity index (χ1) is 8.61. The maximum Gasteiger partial charge on any atom is 0.123 e. The van der Waals surface area contributed by atoms with Crippen LogP contribution in [0.2, 0.25) is 0 Å². The summed E-state index contributed by atoms with van der Waals surface area (Å²) in [5, 5.41) is 0. The van der Waals surface area contributed by atoms with Gasteiger partial charge in [-0.1, -0.05) is 32.0 Å². The lowest BCUT2D eigenvalue weighted by Gasteiger charge is -2.11. The molecule has 0 bridgehead atoms. The average Bonchev–Trinajstić information content (AvgIpc) is 2.38. The Bertz CT molecular complexity index is 573. The average molecular weight is 241 g/mol. The van der Waals surface area contributed by atoms with Gasteiger partial charge >= 0.3 is 0 Å². The van der Waals surface area contributed by atoms with Gasteiger partial charge in [-0.2, -0.15) is 0 Å². The molecule has 1 nitrogen and oxygen atoms in total. The maximum absolute atomic E-state index is 13.2. The highest BCUT2D eigenvalue weighted by atomic mass is 19.1. The number of hydrogen-bond acceptors (Lipinski definition) is 1. The minimum absolute atomic E-state index is 0.218. The molecule has 0 atom stereocenters. The summed E-state index contributed by atoms with van der Waals surface area (Å²) in [6.45, 7) is 7.80. The predicted octanol–water partition coefficient (Wildman–Crippen LogP) is 4.95. The van der Waals surface area contributed by atoms with Gasteiger partial charge in [-0.15, -0.1) is 0 Å². The van der Waals surface area contributed by atoms with Gasteiger partial charge in [-0.3, -0.25) is 4.99 Å². The van der Waals surface area contributed by atoms with E-state index in [0.29, 0.717) is 5.92 Å². The first-order valence-electron chi connectivity index (χ1n) is 5.98. The third kappa shape index (κ3) is 2.48. The van der Waals surface area contributed by atoms with Crippen LogP contribution in [-0.2, 0) is 0 Å². The first-order valence-corrected chi connectivity index (χ1v) is 5.98. The van der Waals surface area contributed by atoms with Gasteiger partial charge in [0.05, 0.1) is 5.69 Å². The molecular weight excluding hydrogens is 225 g/mol. The van der Waals surface area contributed by atoms with Gasteiger partial charge in [0.25, 0.3) is 0 Å². The SMILES string of the molecule is C=Nc1ccc(-c2cccc(F)c2)cc1C(C)C. The number of hydrogen-bond donors (Lipinski definition) is 0. The van der Waals surface area contributed by atoms with Gasteiger partial charge < -0.3 is 0 Å². The summed E-state index contributed by atoms with van der Waals surface area (Å²) in [6, 6.07) is 12.6. The van der Waals surface area contributed by atoms with Gasteiger partial charge in [0.15, 0.2) is 0 Å². The summed E-state index contributed by atoms with van der Waals surface area (Å²) < 4.78 is 13.2. The van der Waals surface area contributed by atoms with E-state index in [1.807, 2.05) is 18.2 Å². The number of benzene rings is 2. The molecule has 0 aliphatic carbocycles. The number of rotatable bonds is 3. The summed E-state index contributed by atoms with van der Waals surface area (Å²) in [4.78, 5) is 4.02. The van der Waals surface area contributed by atoms with Crippen molar-refractivity contribution in [3.8, 4) is 11.1 Å². The molecule has 0 aliphatic rings. The second-order valence-electron chi connectivity index (χ2n) is 4.60. The Kier molecular flexibility index (Phi) is 3.56. The van der Waals surface area contributed by atoms with Crippen molar-refractivity contribution in [2.45, 2.75) is 19.8 Å². The second-order valence-corrected chi connectivity index (χ2v) is 4.60. The molecule has 0 saturated carbocycles. The molecule has 0 saturated heterocycles. The van der Waals surface area contributed by atoms with Crippen molar-refractivity contribution in [1.82, 2.24) is 0 Å². The monoisotopic (exact) mass is 241 g/mol. The van der Waals surface area contributed by atoms with Gasteiger partial charge in [0.2, 0.25) is 0 Å². The molecule has 0 spiro atoms. The fraction of sp³-hybridized carbons (Fsp3) is 0.188. The van der Waals surface area contributed by atoms with E-state index in [-0.39, 0.29) is 5.82 Å². The van der Waals surface area contributed by atoms with Crippen LogP contribution in [0.3, 0.4) is 0 Å². The van der Waals surface area contributed by atoms with E-state index in [9.17, 15) is 4.39 Å². The number of aliphatic imine (C=N–C) groups is 1. The van der Waals surface area contributed by atoms with E-state index >= 15 is 0 Å². The van der Waals surface area contributed by atoms with E-state index in [1.165, 1.54) is 6.07 Å². The Labute approximate surface area is 107 Å². The molecule has 0 aromatic heterocycles. The Morgan fingerprint density at radius 2 is 1.78 bits per heavy atom. The second kappa shape index (κ2) is 5.13. The molecule has 0 aliphatic heterocycles. The van der Waals surface area contributed by atoms with Crippen molar-refractivity contribution in [2.75, 3.05) is 0 Å². The topological polar surface area (TPSA) is 12.4 Å². The van der Waals surface area contributed by atoms with Crippen LogP contribution in [-0.4, -0.2) is 6.72 Å². The van der Waals surface area contributed by atoms with Gasteiger partial charge in [0, 0.05) is 0 Å². The standard InChI is InChI=1S/C16H16FN/c1-11(2)15-10-13(7-8-16(15)18-3)12-5-4-6-14(17)9-12/h4-11H,3H2,1-2H3. The summed E-state index contributed by atoms with van der Waals surface area (Å²) in [6.07, 6.45) is 0. The van der Waals surface area contributed by atoms with Crippen molar-refractivity contribution < 1.29 is 4.39 Å². The third-order valence-electron chi connectivity index (χ3n) is 2.98. The molecule has 0 amide bonds. The van der Waals surface area contributed by atoms with Crippen molar-refractivity contribution in [3.63, 3.8) is 0 Å². The van der Waals surface area contributed by atoms with Gasteiger partial charge in [-0.05, 0) is 53.6 Å². The largest absolute Gasteiger partial charge is 0.264 e. The fourth-order valence-corrected chi connectivity index (χ4v) is 2.01. The van der Waals surface area contributed by atoms with Crippen LogP contribution >= 0.6 is 0 Å². The Morgan fingerprint density at radius 3 is 2.39 bits per heavy atom. The van der Waals surface area contributed by atoms with E-state index in [1.54, 1.807) is 12.1 Å². The highest BCUT2D eigenvalue weighted by Crippen LogP contribution is 2.31. The fourth-order valence-electron chi connectivity index (χ4n) is 2.01. The van der Waals surface area contributed by atoms with Gasteiger partial charge in [-0.25, -0.2) is 4.39 Å². The normalized spacial score (nSPS) is 10.7. The molecule has 0 fully saturated rings. The lowest BCUT2D eigenvalue weighted by molar-refractivity contribution is 0.628. The van der Waals surface area contributed by atoms with Crippen molar-refractivity contribution in [1.29, 1.82) is 0 Å². The summed E-state index contributed by atoms with van der Waals surface area (Å²) in [7, 11) is 0. The Balaban J connectivity index is 2.53. The van der Waals surface area contributed by atoms with Crippen LogP contribution < -0.4 is 0 Å². The molecule has 2 rings (SSSR count). The zero-order valence-electron chi connectivity index (χ0n) is 10.7. The maximum atomic E-state index is 13.2. The van der Waals surface area contributed by atoms with Crippen LogP contribution in [0.4, 0.5) is 10.1 Å². The van der Waals surface area contributed by atoms with Crippen LogP contribution in [0.15, 0.2) is 47.5 Å². The van der Waals surface area contributed by atoms with Crippen LogP contribution in [0.25, 0.3) is 11.1 Å². The quantitative estimate of drug-likeness (QED) is 0.674. The number of halogens is 1. The van der Waals surface area contributed by atoms with Crippen LogP contribution in [0.1, 0.15) is 25.3 Å². The molecule has 0 radical (unpaired) electrons. The minimum Gasteiger partial charge on any atom is -0.264 e. The zero-order valence-corrected chi connectivity index (χ0v) is 10.7. The van der Waals surface area contributed by atoms with Crippen molar-refractivity contribution in [2.24, 2.45) is 4.99 Å². The predicted molar refractivity (Wildman–Crippen MR) is 75.1 cm³/mol. The minimum atomic E-state index is -0.218. The van der Waals surface area contributed by atoms with E-state index in [0.717, 1.165) is 22.4 Å². The number of nitrogens with zero attached hydrogens (tertiary/aromatic N) is 1. The summed E-state index contributed by atoms with van der Waals surface area (Å²) in [5.41, 5.74) is 3.91. The van der Waals surface area contributed by atoms with E-state index < -0.39 is 0 Å². The lowest BCUT2D eigenvalue weighted by Crippen LogP contribution is -1.90. The molecule has 2 aromatic carbocycles.